The first-order chi connectivity index (χ1) is 10.6. The molecule has 0 spiro atoms. The fraction of sp³-hybridized carbons (Fsp3) is 0.467. The van der Waals surface area contributed by atoms with Gasteiger partial charge in [-0.15, -0.1) is 0 Å². The lowest BCUT2D eigenvalue weighted by molar-refractivity contribution is -0.189. The van der Waals surface area contributed by atoms with Crippen LogP contribution in [0, 0.1) is 0 Å². The summed E-state index contributed by atoms with van der Waals surface area (Å²) < 4.78 is 14.0. The molecule has 0 N–H and O–H groups in total. The molecule has 2 atom stereocenters. The average Bonchev–Trinajstić information content (AvgIpc) is 3.10. The highest BCUT2D eigenvalue weighted by molar-refractivity contribution is 6.35. The van der Waals surface area contributed by atoms with E-state index >= 15 is 0 Å². The van der Waals surface area contributed by atoms with Crippen LogP contribution < -0.4 is 0 Å². The van der Waals surface area contributed by atoms with Crippen LogP contribution in [0.2, 0.25) is 10.0 Å². The van der Waals surface area contributed by atoms with Crippen LogP contribution in [0.4, 0.5) is 0 Å². The van der Waals surface area contributed by atoms with Gasteiger partial charge in [-0.05, 0) is 18.6 Å². The third-order valence-electron chi connectivity index (χ3n) is 3.65. The molecule has 2 heterocycles. The minimum atomic E-state index is -0.963. The highest BCUT2D eigenvalue weighted by atomic mass is 35.5. The molecule has 0 amide bonds. The monoisotopic (exact) mass is 353 g/mol. The molecule has 1 aliphatic heterocycles. The Balaban J connectivity index is 1.96. The Morgan fingerprint density at radius 3 is 3.00 bits per heavy atom. The first-order valence-electron chi connectivity index (χ1n) is 7.22. The Labute approximate surface area is 139 Å². The number of hydrogen-bond donors (Lipinski definition) is 0. The quantitative estimate of drug-likeness (QED) is 0.822. The summed E-state index contributed by atoms with van der Waals surface area (Å²) in [7, 11) is 0. The molecule has 5 nitrogen and oxygen atoms in total. The molecule has 22 heavy (non-hydrogen) atoms. The van der Waals surface area contributed by atoms with Gasteiger partial charge in [0.1, 0.15) is 19.2 Å². The lowest BCUT2D eigenvalue weighted by Crippen LogP contribution is -2.34. The van der Waals surface area contributed by atoms with Gasteiger partial charge in [-0.2, -0.15) is 5.10 Å². The summed E-state index contributed by atoms with van der Waals surface area (Å²) in [5.74, 6) is -0.963. The van der Waals surface area contributed by atoms with Gasteiger partial charge in [0.05, 0.1) is 17.7 Å². The SMILES string of the molecule is CCCC1COC(Cn2cncn2)([14c]2[14cH][14cH][14c](Cl)[14cH][14c]2Cl)O1. The molecule has 1 aromatic heterocycles. The van der Waals surface area contributed by atoms with Crippen LogP contribution in [0.15, 0.2) is 30.9 Å². The zero-order chi connectivity index (χ0) is 15.6. The summed E-state index contributed by atoms with van der Waals surface area (Å²) in [6.45, 7) is 3.03. The molecular formula is C15H17Cl2N3O2. The Morgan fingerprint density at radius 2 is 2.32 bits per heavy atom. The van der Waals surface area contributed by atoms with Gasteiger partial charge in [-0.3, -0.25) is 0 Å². The van der Waals surface area contributed by atoms with Crippen LogP contribution in [0.1, 0.15) is 25.3 Å². The number of halogens is 2. The van der Waals surface area contributed by atoms with Crippen molar-refractivity contribution < 1.29 is 9.47 Å². The fourth-order valence-corrected chi connectivity index (χ4v) is 3.22. The zero-order valence-electron chi connectivity index (χ0n) is 12.2. The third kappa shape index (κ3) is 3.13. The topological polar surface area (TPSA) is 49.2 Å². The lowest BCUT2D eigenvalue weighted by atomic mass is 10.2. The van der Waals surface area contributed by atoms with Crippen molar-refractivity contribution >= 4 is 23.2 Å². The van der Waals surface area contributed by atoms with Crippen molar-refractivity contribution in [3.05, 3.63) is 46.5 Å². The Hall–Kier alpha value is -1.14. The van der Waals surface area contributed by atoms with Crippen LogP contribution in [0.3, 0.4) is 0 Å². The van der Waals surface area contributed by atoms with Crippen molar-refractivity contribution in [2.75, 3.05) is 6.61 Å². The van der Waals surface area contributed by atoms with E-state index in [1.807, 2.05) is 6.07 Å². The largest absolute Gasteiger partial charge is 0.342 e. The summed E-state index contributed by atoms with van der Waals surface area (Å²) in [5.41, 5.74) is 0.757. The van der Waals surface area contributed by atoms with Gasteiger partial charge < -0.3 is 9.47 Å². The second-order valence-electron chi connectivity index (χ2n) is 5.31. The Morgan fingerprint density at radius 1 is 1.45 bits per heavy atom. The predicted octanol–water partition coefficient (Wildman–Crippen LogP) is 3.65. The van der Waals surface area contributed by atoms with E-state index in [-0.39, 0.29) is 6.10 Å². The van der Waals surface area contributed by atoms with Crippen molar-refractivity contribution in [3.8, 4) is 0 Å². The van der Waals surface area contributed by atoms with Gasteiger partial charge in [-0.1, -0.05) is 42.6 Å². The van der Waals surface area contributed by atoms with E-state index in [0.717, 1.165) is 18.4 Å². The number of hydrogen-bond acceptors (Lipinski definition) is 4. The van der Waals surface area contributed by atoms with Gasteiger partial charge in [-0.25, -0.2) is 9.67 Å². The highest BCUT2D eigenvalue weighted by Gasteiger charge is 2.45. The smallest absolute Gasteiger partial charge is 0.217 e. The van der Waals surface area contributed by atoms with E-state index in [9.17, 15) is 0 Å². The third-order valence-corrected chi connectivity index (χ3v) is 4.20. The molecule has 0 saturated carbocycles. The molecule has 1 fully saturated rings. The van der Waals surface area contributed by atoms with Crippen LogP contribution >= 0.6 is 23.2 Å². The first-order valence-corrected chi connectivity index (χ1v) is 7.98. The van der Waals surface area contributed by atoms with Crippen molar-refractivity contribution in [2.24, 2.45) is 0 Å². The maximum Gasteiger partial charge on any atom is 0.217 e. The van der Waals surface area contributed by atoms with Gasteiger partial charge in [0.25, 0.3) is 0 Å². The fourth-order valence-electron chi connectivity index (χ4n) is 2.66. The molecule has 1 aliphatic rings. The molecule has 0 aliphatic carbocycles. The number of nitrogens with zero attached hydrogens (tertiary/aromatic N) is 3. The second kappa shape index (κ2) is 6.54. The zero-order valence-corrected chi connectivity index (χ0v) is 13.7. The summed E-state index contributed by atoms with van der Waals surface area (Å²) >= 11 is 12.4. The normalized spacial score (nSPS) is 24.8. The minimum Gasteiger partial charge on any atom is -0.342 e. The molecule has 1 saturated heterocycles. The van der Waals surface area contributed by atoms with E-state index in [1.165, 1.54) is 6.33 Å². The van der Waals surface area contributed by atoms with Gasteiger partial charge >= 0.3 is 0 Å². The maximum atomic E-state index is 6.37. The Bertz CT molecular complexity index is 636. The van der Waals surface area contributed by atoms with Gasteiger partial charge in [0.2, 0.25) is 5.79 Å². The molecule has 0 bridgehead atoms. The van der Waals surface area contributed by atoms with Crippen molar-refractivity contribution in [1.29, 1.82) is 0 Å². The van der Waals surface area contributed by atoms with Crippen LogP contribution in [0.5, 0.6) is 0 Å². The standard InChI is InChI=1S/C15H17Cl2N3O2/c1-2-3-12-7-21-15(22-12,8-20-10-18-9-19-20)13-5-4-11(16)6-14(13)17/h4-6,9-10,12H,2-3,7-8H2,1H3/i4+2,5+2,6+2,11+2,13+2,14+2. The number of benzene rings is 1. The highest BCUT2D eigenvalue weighted by Crippen LogP contribution is 2.41. The number of ether oxygens (including phenoxy) is 2. The number of aromatic nitrogens is 3. The van der Waals surface area contributed by atoms with Gasteiger partial charge in [0, 0.05) is 10.6 Å². The van der Waals surface area contributed by atoms with Crippen molar-refractivity contribution in [2.45, 2.75) is 38.2 Å². The van der Waals surface area contributed by atoms with Crippen molar-refractivity contribution in [1.82, 2.24) is 14.8 Å². The van der Waals surface area contributed by atoms with Crippen LogP contribution in [-0.2, 0) is 21.8 Å². The molecule has 2 unspecified atom stereocenters. The second-order valence-corrected chi connectivity index (χ2v) is 6.15. The van der Waals surface area contributed by atoms with E-state index in [0.29, 0.717) is 23.2 Å². The summed E-state index contributed by atoms with van der Waals surface area (Å²) in [6.07, 6.45) is 5.12. The summed E-state index contributed by atoms with van der Waals surface area (Å²) in [5, 5.41) is 5.24. The van der Waals surface area contributed by atoms with E-state index in [1.54, 1.807) is 23.1 Å². The lowest BCUT2D eigenvalue weighted by Gasteiger charge is -2.29. The van der Waals surface area contributed by atoms with E-state index in [4.69, 9.17) is 32.7 Å². The summed E-state index contributed by atoms with van der Waals surface area (Å²) in [6, 6.07) is 5.32. The molecule has 7 heteroatoms. The molecule has 0 radical (unpaired) electrons. The summed E-state index contributed by atoms with van der Waals surface area (Å²) in [4.78, 5) is 3.97. The number of rotatable bonds is 5. The van der Waals surface area contributed by atoms with Gasteiger partial charge in [0.15, 0.2) is 0 Å². The predicted molar refractivity (Wildman–Crippen MR) is 83.9 cm³/mol. The van der Waals surface area contributed by atoms with Crippen LogP contribution in [0.25, 0.3) is 0 Å². The van der Waals surface area contributed by atoms with Crippen LogP contribution in [-0.4, -0.2) is 27.5 Å². The molecule has 3 rings (SSSR count). The molecular weight excluding hydrogens is 337 g/mol. The van der Waals surface area contributed by atoms with E-state index in [2.05, 4.69) is 17.0 Å². The first kappa shape index (κ1) is 15.7. The van der Waals surface area contributed by atoms with Crippen molar-refractivity contribution in [3.63, 3.8) is 0 Å². The maximum absolute atomic E-state index is 6.37. The average molecular weight is 354 g/mol. The molecule has 2 aromatic rings. The Kier molecular flexibility index (Phi) is 4.68. The van der Waals surface area contributed by atoms with E-state index < -0.39 is 5.79 Å². The minimum absolute atomic E-state index is 0.0419. The molecule has 118 valence electrons. The molecule has 1 aromatic carbocycles.